The van der Waals surface area contributed by atoms with Crippen molar-refractivity contribution in [2.75, 3.05) is 0 Å². The summed E-state index contributed by atoms with van der Waals surface area (Å²) in [7, 11) is 0. The standard InChI is InChI=1S/C6H12O2/c1-5(7)4-6(2,3)8/h4,7-8H,1-3H3/b5-4-. The van der Waals surface area contributed by atoms with Crippen molar-refractivity contribution in [2.24, 2.45) is 0 Å². The van der Waals surface area contributed by atoms with E-state index in [1.54, 1.807) is 13.8 Å². The highest BCUT2D eigenvalue weighted by Crippen LogP contribution is 2.04. The van der Waals surface area contributed by atoms with Gasteiger partial charge in [0.15, 0.2) is 0 Å². The zero-order valence-corrected chi connectivity index (χ0v) is 5.47. The quantitative estimate of drug-likeness (QED) is 0.506. The van der Waals surface area contributed by atoms with Crippen LogP contribution in [0.4, 0.5) is 0 Å². The van der Waals surface area contributed by atoms with Gasteiger partial charge in [-0.05, 0) is 26.8 Å². The molecule has 0 aromatic carbocycles. The average molecular weight is 116 g/mol. The van der Waals surface area contributed by atoms with Crippen molar-refractivity contribution < 1.29 is 10.2 Å². The third kappa shape index (κ3) is 5.50. The number of hydrogen-bond donors (Lipinski definition) is 2. The van der Waals surface area contributed by atoms with E-state index >= 15 is 0 Å². The number of rotatable bonds is 1. The highest BCUT2D eigenvalue weighted by Gasteiger charge is 2.06. The fraction of sp³-hybridized carbons (Fsp3) is 0.667. The molecule has 48 valence electrons. The molecule has 2 nitrogen and oxygen atoms in total. The number of aliphatic hydroxyl groups is 2. The number of aliphatic hydroxyl groups excluding tert-OH is 1. The van der Waals surface area contributed by atoms with Crippen LogP contribution in [0, 0.1) is 0 Å². The second-order valence-electron chi connectivity index (χ2n) is 2.44. The SMILES string of the molecule is C/C(O)=C/C(C)(C)O. The van der Waals surface area contributed by atoms with Crippen LogP contribution in [0.2, 0.25) is 0 Å². The molecule has 0 heterocycles. The van der Waals surface area contributed by atoms with E-state index in [9.17, 15) is 0 Å². The summed E-state index contributed by atoms with van der Waals surface area (Å²) in [5.41, 5.74) is -0.890. The molecule has 0 aromatic rings. The van der Waals surface area contributed by atoms with Gasteiger partial charge in [0.05, 0.1) is 11.4 Å². The molecular weight excluding hydrogens is 104 g/mol. The molecule has 0 saturated heterocycles. The normalized spacial score (nSPS) is 14.2. The fourth-order valence-corrected chi connectivity index (χ4v) is 0.511. The molecule has 2 heteroatoms. The van der Waals surface area contributed by atoms with Crippen molar-refractivity contribution in [1.29, 1.82) is 0 Å². The van der Waals surface area contributed by atoms with Gasteiger partial charge in [0.1, 0.15) is 0 Å². The average Bonchev–Trinajstić information content (AvgIpc) is 1.21. The van der Waals surface area contributed by atoms with Gasteiger partial charge in [-0.2, -0.15) is 0 Å². The van der Waals surface area contributed by atoms with Crippen molar-refractivity contribution in [3.63, 3.8) is 0 Å². The Balaban J connectivity index is 3.89. The maximum absolute atomic E-state index is 8.95. The van der Waals surface area contributed by atoms with E-state index in [2.05, 4.69) is 0 Å². The molecule has 0 unspecified atom stereocenters. The zero-order valence-electron chi connectivity index (χ0n) is 5.47. The third-order valence-corrected chi connectivity index (χ3v) is 0.562. The van der Waals surface area contributed by atoms with Gasteiger partial charge in [-0.1, -0.05) is 0 Å². The van der Waals surface area contributed by atoms with E-state index in [0.717, 1.165) is 0 Å². The van der Waals surface area contributed by atoms with Crippen LogP contribution < -0.4 is 0 Å². The van der Waals surface area contributed by atoms with Crippen LogP contribution >= 0.6 is 0 Å². The summed E-state index contributed by atoms with van der Waals surface area (Å²) >= 11 is 0. The lowest BCUT2D eigenvalue weighted by Gasteiger charge is -2.09. The van der Waals surface area contributed by atoms with Gasteiger partial charge >= 0.3 is 0 Å². The smallest absolute Gasteiger partial charge is 0.0880 e. The van der Waals surface area contributed by atoms with Crippen LogP contribution in [-0.4, -0.2) is 15.8 Å². The summed E-state index contributed by atoms with van der Waals surface area (Å²) in [6.07, 6.45) is 1.38. The fourth-order valence-electron chi connectivity index (χ4n) is 0.511. The molecule has 8 heavy (non-hydrogen) atoms. The van der Waals surface area contributed by atoms with E-state index < -0.39 is 5.60 Å². The minimum absolute atomic E-state index is 0.150. The van der Waals surface area contributed by atoms with Crippen LogP contribution in [0.3, 0.4) is 0 Å². The zero-order chi connectivity index (χ0) is 6.78. The molecule has 0 aromatic heterocycles. The molecule has 0 aliphatic rings. The first-order valence-electron chi connectivity index (χ1n) is 2.52. The maximum atomic E-state index is 8.95. The largest absolute Gasteiger partial charge is 0.513 e. The Kier molecular flexibility index (Phi) is 2.04. The Hall–Kier alpha value is -0.500. The van der Waals surface area contributed by atoms with E-state index in [-0.39, 0.29) is 5.76 Å². The summed E-state index contributed by atoms with van der Waals surface area (Å²) in [4.78, 5) is 0. The van der Waals surface area contributed by atoms with Crippen LogP contribution in [0.15, 0.2) is 11.8 Å². The van der Waals surface area contributed by atoms with Crippen LogP contribution in [-0.2, 0) is 0 Å². The summed E-state index contributed by atoms with van der Waals surface area (Å²) in [6, 6.07) is 0. The molecule has 0 saturated carbocycles. The Bertz CT molecular complexity index is 93.6. The molecule has 0 fully saturated rings. The minimum Gasteiger partial charge on any atom is -0.513 e. The summed E-state index contributed by atoms with van der Waals surface area (Å²) in [5, 5.41) is 17.5. The molecular formula is C6H12O2. The third-order valence-electron chi connectivity index (χ3n) is 0.562. The lowest BCUT2D eigenvalue weighted by atomic mass is 10.1. The van der Waals surface area contributed by atoms with Crippen LogP contribution in [0.5, 0.6) is 0 Å². The molecule has 0 amide bonds. The van der Waals surface area contributed by atoms with Crippen molar-refractivity contribution in [1.82, 2.24) is 0 Å². The van der Waals surface area contributed by atoms with Crippen LogP contribution in [0.25, 0.3) is 0 Å². The Labute approximate surface area is 49.5 Å². The second-order valence-corrected chi connectivity index (χ2v) is 2.44. The molecule has 0 radical (unpaired) electrons. The summed E-state index contributed by atoms with van der Waals surface area (Å²) < 4.78 is 0. The summed E-state index contributed by atoms with van der Waals surface area (Å²) in [6.45, 7) is 4.73. The number of hydrogen-bond acceptors (Lipinski definition) is 2. The minimum atomic E-state index is -0.890. The van der Waals surface area contributed by atoms with Gasteiger partial charge < -0.3 is 10.2 Å². The molecule has 0 aliphatic carbocycles. The van der Waals surface area contributed by atoms with Gasteiger partial charge in [-0.3, -0.25) is 0 Å². The monoisotopic (exact) mass is 116 g/mol. The van der Waals surface area contributed by atoms with Gasteiger partial charge in [-0.25, -0.2) is 0 Å². The van der Waals surface area contributed by atoms with E-state index in [1.807, 2.05) is 0 Å². The highest BCUT2D eigenvalue weighted by molar-refractivity contribution is 4.97. The lowest BCUT2D eigenvalue weighted by molar-refractivity contribution is 0.128. The highest BCUT2D eigenvalue weighted by atomic mass is 16.3. The Morgan fingerprint density at radius 3 is 1.88 bits per heavy atom. The van der Waals surface area contributed by atoms with Crippen molar-refractivity contribution in [3.05, 3.63) is 11.8 Å². The number of allylic oxidation sites excluding steroid dienone is 1. The first-order valence-corrected chi connectivity index (χ1v) is 2.52. The molecule has 0 atom stereocenters. The van der Waals surface area contributed by atoms with Crippen molar-refractivity contribution in [2.45, 2.75) is 26.4 Å². The second kappa shape index (κ2) is 2.18. The molecule has 0 aliphatic heterocycles. The Morgan fingerprint density at radius 1 is 1.50 bits per heavy atom. The van der Waals surface area contributed by atoms with Gasteiger partial charge in [0.25, 0.3) is 0 Å². The topological polar surface area (TPSA) is 40.5 Å². The van der Waals surface area contributed by atoms with Gasteiger partial charge in [0, 0.05) is 0 Å². The van der Waals surface area contributed by atoms with Gasteiger partial charge in [-0.15, -0.1) is 0 Å². The van der Waals surface area contributed by atoms with Crippen molar-refractivity contribution >= 4 is 0 Å². The van der Waals surface area contributed by atoms with Crippen molar-refractivity contribution in [3.8, 4) is 0 Å². The van der Waals surface area contributed by atoms with Crippen LogP contribution in [0.1, 0.15) is 20.8 Å². The Morgan fingerprint density at radius 2 is 1.88 bits per heavy atom. The predicted molar refractivity (Wildman–Crippen MR) is 32.7 cm³/mol. The molecule has 0 bridgehead atoms. The predicted octanol–water partition coefficient (Wildman–Crippen LogP) is 1.22. The van der Waals surface area contributed by atoms with Gasteiger partial charge in [0.2, 0.25) is 0 Å². The molecule has 2 N–H and O–H groups in total. The molecule has 0 spiro atoms. The first kappa shape index (κ1) is 7.50. The van der Waals surface area contributed by atoms with E-state index in [4.69, 9.17) is 10.2 Å². The maximum Gasteiger partial charge on any atom is 0.0880 e. The lowest BCUT2D eigenvalue weighted by Crippen LogP contribution is -2.14. The van der Waals surface area contributed by atoms with E-state index in [0.29, 0.717) is 0 Å². The summed E-state index contributed by atoms with van der Waals surface area (Å²) in [5.74, 6) is 0.150. The first-order chi connectivity index (χ1) is 3.42. The molecule has 0 rings (SSSR count). The van der Waals surface area contributed by atoms with E-state index in [1.165, 1.54) is 13.0 Å².